The molecule has 0 aliphatic carbocycles. The van der Waals surface area contributed by atoms with Gasteiger partial charge in [-0.1, -0.05) is 11.2 Å². The molecule has 0 radical (unpaired) electrons. The lowest BCUT2D eigenvalue weighted by Crippen LogP contribution is -2.14. The van der Waals surface area contributed by atoms with E-state index in [1.165, 1.54) is 24.3 Å². The Balaban J connectivity index is 1.60. The van der Waals surface area contributed by atoms with Crippen LogP contribution in [0, 0.1) is 5.82 Å². The zero-order valence-corrected chi connectivity index (χ0v) is 19.5. The van der Waals surface area contributed by atoms with Gasteiger partial charge in [0.05, 0.1) is 20.8 Å². The number of sulfone groups is 2. The predicted molar refractivity (Wildman–Crippen MR) is 118 cm³/mol. The maximum Gasteiger partial charge on any atom is 0.322 e. The molecule has 2 aromatic carbocycles. The summed E-state index contributed by atoms with van der Waals surface area (Å²) < 4.78 is 67.6. The van der Waals surface area contributed by atoms with Crippen molar-refractivity contribution in [1.29, 1.82) is 0 Å². The van der Waals surface area contributed by atoms with Crippen molar-refractivity contribution in [2.75, 3.05) is 11.1 Å². The Labute approximate surface area is 190 Å². The highest BCUT2D eigenvalue weighted by Gasteiger charge is 2.21. The van der Waals surface area contributed by atoms with E-state index in [-0.39, 0.29) is 40.3 Å². The molecule has 3 rings (SSSR count). The maximum absolute atomic E-state index is 13.0. The van der Waals surface area contributed by atoms with E-state index >= 15 is 0 Å². The second-order valence-corrected chi connectivity index (χ2v) is 12.1. The molecule has 1 aromatic heterocycles. The van der Waals surface area contributed by atoms with Crippen LogP contribution in [0.5, 0.6) is 0 Å². The van der Waals surface area contributed by atoms with Crippen LogP contribution in [0.3, 0.4) is 0 Å². The van der Waals surface area contributed by atoms with Gasteiger partial charge in [-0.3, -0.25) is 10.1 Å². The molecule has 0 spiro atoms. The molecule has 0 fully saturated rings. The highest BCUT2D eigenvalue weighted by Crippen LogP contribution is 2.25. The number of halogens is 1. The topological polar surface area (TPSA) is 136 Å². The number of carbonyl (C=O) groups excluding carboxylic acids is 1. The van der Waals surface area contributed by atoms with E-state index in [2.05, 4.69) is 15.5 Å². The Bertz CT molecular complexity index is 1350. The van der Waals surface area contributed by atoms with Gasteiger partial charge in [0.2, 0.25) is 11.8 Å². The summed E-state index contributed by atoms with van der Waals surface area (Å²) in [7, 11) is -7.14. The van der Waals surface area contributed by atoms with Crippen LogP contribution >= 0.6 is 0 Å². The summed E-state index contributed by atoms with van der Waals surface area (Å²) in [5, 5.41) is 9.33. The molecule has 1 amide bonds. The first-order chi connectivity index (χ1) is 15.5. The minimum absolute atomic E-state index is 0.0185. The number of hydrogen-bond donors (Lipinski definition) is 1. The van der Waals surface area contributed by atoms with Crippen LogP contribution in [-0.4, -0.2) is 43.9 Å². The van der Waals surface area contributed by atoms with E-state index in [4.69, 9.17) is 4.42 Å². The molecule has 0 bridgehead atoms. The molecule has 3 aromatic rings. The Hall–Kier alpha value is -3.12. The Morgan fingerprint density at radius 3 is 2.39 bits per heavy atom. The van der Waals surface area contributed by atoms with E-state index in [1.54, 1.807) is 26.0 Å². The van der Waals surface area contributed by atoms with E-state index in [9.17, 15) is 26.0 Å². The molecule has 0 unspecified atom stereocenters. The van der Waals surface area contributed by atoms with E-state index in [1.807, 2.05) is 0 Å². The van der Waals surface area contributed by atoms with E-state index in [0.717, 1.165) is 12.1 Å². The summed E-state index contributed by atoms with van der Waals surface area (Å²) in [6.07, 6.45) is -0.0953. The minimum atomic E-state index is -3.65. The first-order valence-electron chi connectivity index (χ1n) is 9.95. The highest BCUT2D eigenvalue weighted by molar-refractivity contribution is 7.92. The van der Waals surface area contributed by atoms with E-state index in [0.29, 0.717) is 5.56 Å². The lowest BCUT2D eigenvalue weighted by molar-refractivity contribution is -0.116. The van der Waals surface area contributed by atoms with Crippen molar-refractivity contribution in [1.82, 2.24) is 10.2 Å². The first kappa shape index (κ1) is 24.5. The van der Waals surface area contributed by atoms with Crippen LogP contribution in [0.2, 0.25) is 0 Å². The van der Waals surface area contributed by atoms with Gasteiger partial charge in [0.1, 0.15) is 5.82 Å². The van der Waals surface area contributed by atoms with Crippen LogP contribution in [0.1, 0.15) is 26.7 Å². The molecule has 1 heterocycles. The number of carbonyl (C=O) groups is 1. The summed E-state index contributed by atoms with van der Waals surface area (Å²) in [5.41, 5.74) is 0.370. The Kier molecular flexibility index (Phi) is 7.28. The lowest BCUT2D eigenvalue weighted by Gasteiger charge is -2.08. The van der Waals surface area contributed by atoms with Crippen LogP contribution in [0.15, 0.2) is 62.7 Å². The van der Waals surface area contributed by atoms with Crippen molar-refractivity contribution >= 4 is 31.6 Å². The average Bonchev–Trinajstić information content (AvgIpc) is 3.22. The Morgan fingerprint density at radius 1 is 1.03 bits per heavy atom. The predicted octanol–water partition coefficient (Wildman–Crippen LogP) is 3.25. The zero-order valence-electron chi connectivity index (χ0n) is 17.9. The number of anilines is 1. The van der Waals surface area contributed by atoms with Crippen LogP contribution in [-0.2, 0) is 24.5 Å². The highest BCUT2D eigenvalue weighted by atomic mass is 32.2. The van der Waals surface area contributed by atoms with Gasteiger partial charge in [-0.2, -0.15) is 0 Å². The smallest absolute Gasteiger partial charge is 0.322 e. The van der Waals surface area contributed by atoms with Crippen molar-refractivity contribution < 1.29 is 30.4 Å². The molecule has 0 saturated carbocycles. The molecular weight excluding hydrogens is 473 g/mol. The van der Waals surface area contributed by atoms with Gasteiger partial charge in [0.25, 0.3) is 0 Å². The van der Waals surface area contributed by atoms with Gasteiger partial charge in [-0.05, 0) is 62.7 Å². The number of rotatable bonds is 9. The summed E-state index contributed by atoms with van der Waals surface area (Å²) in [6.45, 7) is 3.15. The summed E-state index contributed by atoms with van der Waals surface area (Å²) in [4.78, 5) is 12.2. The molecule has 12 heteroatoms. The number of nitrogens with one attached hydrogen (secondary N) is 1. The maximum atomic E-state index is 13.0. The molecule has 0 aliphatic rings. The third kappa shape index (κ3) is 6.02. The third-order valence-electron chi connectivity index (χ3n) is 4.69. The second kappa shape index (κ2) is 9.79. The zero-order chi connectivity index (χ0) is 24.2. The first-order valence-corrected chi connectivity index (χ1v) is 13.1. The summed E-state index contributed by atoms with van der Waals surface area (Å²) in [5.74, 6) is -1.35. The number of benzene rings is 2. The minimum Gasteiger partial charge on any atom is -0.403 e. The van der Waals surface area contributed by atoms with Gasteiger partial charge >= 0.3 is 6.01 Å². The van der Waals surface area contributed by atoms with Gasteiger partial charge < -0.3 is 4.42 Å². The number of amides is 1. The summed E-state index contributed by atoms with van der Waals surface area (Å²) in [6, 6.07) is 10.3. The van der Waals surface area contributed by atoms with Crippen molar-refractivity contribution in [2.24, 2.45) is 0 Å². The standard InChI is InChI=1S/C21H22FN3O6S2/c1-14(2)33(29,30)18-6-3-5-15(13-18)20-24-25-21(31-20)23-19(26)7-4-12-32(27,28)17-10-8-16(22)9-11-17/h3,5-6,8-11,13-14H,4,7,12H2,1-2H3,(H,23,25,26). The molecule has 33 heavy (non-hydrogen) atoms. The summed E-state index contributed by atoms with van der Waals surface area (Å²) >= 11 is 0. The van der Waals surface area contributed by atoms with Crippen molar-refractivity contribution in [3.05, 3.63) is 54.3 Å². The molecule has 0 atom stereocenters. The number of nitrogens with zero attached hydrogens (tertiary/aromatic N) is 2. The number of hydrogen-bond acceptors (Lipinski definition) is 8. The van der Waals surface area contributed by atoms with Crippen molar-refractivity contribution in [3.8, 4) is 11.5 Å². The second-order valence-electron chi connectivity index (χ2n) is 7.46. The van der Waals surface area contributed by atoms with Gasteiger partial charge in [-0.15, -0.1) is 5.10 Å². The third-order valence-corrected chi connectivity index (χ3v) is 8.66. The van der Waals surface area contributed by atoms with Crippen molar-refractivity contribution in [2.45, 2.75) is 41.7 Å². The van der Waals surface area contributed by atoms with Crippen LogP contribution in [0.25, 0.3) is 11.5 Å². The molecule has 176 valence electrons. The van der Waals surface area contributed by atoms with E-state index < -0.39 is 36.6 Å². The van der Waals surface area contributed by atoms with Crippen molar-refractivity contribution in [3.63, 3.8) is 0 Å². The largest absolute Gasteiger partial charge is 0.403 e. The fourth-order valence-electron chi connectivity index (χ4n) is 2.83. The molecular formula is C21H22FN3O6S2. The Morgan fingerprint density at radius 2 is 1.73 bits per heavy atom. The number of aromatic nitrogens is 2. The fraction of sp³-hybridized carbons (Fsp3) is 0.286. The average molecular weight is 496 g/mol. The molecule has 0 saturated heterocycles. The lowest BCUT2D eigenvalue weighted by atomic mass is 10.2. The van der Waals surface area contributed by atoms with Gasteiger partial charge in [0, 0.05) is 12.0 Å². The molecule has 0 aliphatic heterocycles. The van der Waals surface area contributed by atoms with Crippen LogP contribution < -0.4 is 5.32 Å². The molecule has 1 N–H and O–H groups in total. The monoisotopic (exact) mass is 495 g/mol. The normalized spacial score (nSPS) is 12.1. The fourth-order valence-corrected chi connectivity index (χ4v) is 5.25. The van der Waals surface area contributed by atoms with Gasteiger partial charge in [0.15, 0.2) is 19.7 Å². The molecule has 9 nitrogen and oxygen atoms in total. The van der Waals surface area contributed by atoms with Crippen LogP contribution in [0.4, 0.5) is 10.4 Å². The quantitative estimate of drug-likeness (QED) is 0.447. The SMILES string of the molecule is CC(C)S(=O)(=O)c1cccc(-c2nnc(NC(=O)CCCS(=O)(=O)c3ccc(F)cc3)o2)c1. The van der Waals surface area contributed by atoms with Gasteiger partial charge in [-0.25, -0.2) is 21.2 Å².